The largest absolute Gasteiger partial charge is 0.493 e. The zero-order valence-electron chi connectivity index (χ0n) is 15.5. The Kier molecular flexibility index (Phi) is 6.96. The highest BCUT2D eigenvalue weighted by molar-refractivity contribution is 8.16. The average Bonchev–Trinajstić information content (AvgIpc) is 2.73. The first-order valence-electron chi connectivity index (χ1n) is 8.48. The summed E-state index contributed by atoms with van der Waals surface area (Å²) in [6.45, 7) is 0. The topological polar surface area (TPSA) is 27.7 Å². The molecule has 0 amide bonds. The second kappa shape index (κ2) is 9.62. The molecule has 0 atom stereocenters. The molecule has 0 aliphatic heterocycles. The Morgan fingerprint density at radius 2 is 1.07 bits per heavy atom. The highest BCUT2D eigenvalue weighted by Gasteiger charge is 2.21. The molecular weight excluding hydrogens is 376 g/mol. The van der Waals surface area contributed by atoms with Gasteiger partial charge in [0.25, 0.3) is 0 Å². The van der Waals surface area contributed by atoms with E-state index in [0.717, 1.165) is 5.56 Å². The van der Waals surface area contributed by atoms with Crippen LogP contribution in [0.25, 0.3) is 0 Å². The van der Waals surface area contributed by atoms with E-state index in [0.29, 0.717) is 17.2 Å². The van der Waals surface area contributed by atoms with Crippen LogP contribution in [-0.2, 0) is 0 Å². The van der Waals surface area contributed by atoms with Gasteiger partial charge < -0.3 is 14.2 Å². The SMILES string of the molecule is COc1cc(C(Sc2ccccc2)Sc2ccccc2)cc(OC)c1OC. The summed E-state index contributed by atoms with van der Waals surface area (Å²) in [5.74, 6) is 1.94. The first-order valence-corrected chi connectivity index (χ1v) is 10.2. The minimum Gasteiger partial charge on any atom is -0.493 e. The summed E-state index contributed by atoms with van der Waals surface area (Å²) in [5.41, 5.74) is 1.10. The van der Waals surface area contributed by atoms with Gasteiger partial charge in [0, 0.05) is 9.79 Å². The molecule has 3 aromatic carbocycles. The third kappa shape index (κ3) is 4.93. The van der Waals surface area contributed by atoms with Crippen molar-refractivity contribution in [2.45, 2.75) is 14.4 Å². The Morgan fingerprint density at radius 1 is 0.630 bits per heavy atom. The fourth-order valence-electron chi connectivity index (χ4n) is 2.64. The van der Waals surface area contributed by atoms with Crippen molar-refractivity contribution in [3.8, 4) is 17.2 Å². The normalized spacial score (nSPS) is 10.7. The molecule has 0 aliphatic rings. The predicted octanol–water partition coefficient (Wildman–Crippen LogP) is 6.30. The second-order valence-corrected chi connectivity index (χ2v) is 8.31. The van der Waals surface area contributed by atoms with Crippen molar-refractivity contribution >= 4 is 23.5 Å². The highest BCUT2D eigenvalue weighted by Crippen LogP contribution is 2.50. The molecule has 0 spiro atoms. The third-order valence-corrected chi connectivity index (χ3v) is 6.57. The van der Waals surface area contributed by atoms with Gasteiger partial charge in [-0.2, -0.15) is 0 Å². The van der Waals surface area contributed by atoms with Crippen LogP contribution in [-0.4, -0.2) is 21.3 Å². The number of benzene rings is 3. The smallest absolute Gasteiger partial charge is 0.203 e. The molecule has 3 rings (SSSR count). The molecule has 0 fully saturated rings. The summed E-state index contributed by atoms with van der Waals surface area (Å²) < 4.78 is 16.7. The maximum atomic E-state index is 5.55. The Hall–Kier alpha value is -2.24. The Morgan fingerprint density at radius 3 is 1.44 bits per heavy atom. The molecule has 3 nitrogen and oxygen atoms in total. The number of hydrogen-bond donors (Lipinski definition) is 0. The van der Waals surface area contributed by atoms with Crippen molar-refractivity contribution in [1.82, 2.24) is 0 Å². The molecular formula is C22H22O3S2. The fraction of sp³-hybridized carbons (Fsp3) is 0.182. The van der Waals surface area contributed by atoms with Crippen molar-refractivity contribution in [2.75, 3.05) is 21.3 Å². The summed E-state index contributed by atoms with van der Waals surface area (Å²) in [6.07, 6.45) is 0. The van der Waals surface area contributed by atoms with Gasteiger partial charge in [0.15, 0.2) is 11.5 Å². The summed E-state index contributed by atoms with van der Waals surface area (Å²) in [5, 5.41) is 0. The monoisotopic (exact) mass is 398 g/mol. The lowest BCUT2D eigenvalue weighted by molar-refractivity contribution is 0.324. The minimum atomic E-state index is 0.128. The quantitative estimate of drug-likeness (QED) is 0.328. The molecule has 0 unspecified atom stereocenters. The van der Waals surface area contributed by atoms with Gasteiger partial charge >= 0.3 is 0 Å². The van der Waals surface area contributed by atoms with Crippen molar-refractivity contribution in [3.05, 3.63) is 78.4 Å². The van der Waals surface area contributed by atoms with Gasteiger partial charge in [-0.3, -0.25) is 0 Å². The summed E-state index contributed by atoms with van der Waals surface area (Å²) in [7, 11) is 4.91. The van der Waals surface area contributed by atoms with E-state index in [1.165, 1.54) is 9.79 Å². The molecule has 0 heterocycles. The molecule has 140 valence electrons. The van der Waals surface area contributed by atoms with Gasteiger partial charge in [-0.25, -0.2) is 0 Å². The molecule has 0 radical (unpaired) electrons. The van der Waals surface area contributed by atoms with Crippen LogP contribution in [0.4, 0.5) is 0 Å². The van der Waals surface area contributed by atoms with Crippen LogP contribution in [0.5, 0.6) is 17.2 Å². The van der Waals surface area contributed by atoms with Crippen LogP contribution >= 0.6 is 23.5 Å². The molecule has 0 aliphatic carbocycles. The van der Waals surface area contributed by atoms with E-state index >= 15 is 0 Å². The summed E-state index contributed by atoms with van der Waals surface area (Å²) in [6, 6.07) is 24.8. The van der Waals surface area contributed by atoms with Gasteiger partial charge in [0.1, 0.15) is 0 Å². The fourth-order valence-corrected chi connectivity index (χ4v) is 5.17. The second-order valence-electron chi connectivity index (χ2n) is 5.65. The van der Waals surface area contributed by atoms with Gasteiger partial charge in [-0.15, -0.1) is 23.5 Å². The lowest BCUT2D eigenvalue weighted by Gasteiger charge is -2.20. The van der Waals surface area contributed by atoms with Crippen molar-refractivity contribution in [2.24, 2.45) is 0 Å². The lowest BCUT2D eigenvalue weighted by atomic mass is 10.2. The molecule has 0 saturated heterocycles. The molecule has 5 heteroatoms. The van der Waals surface area contributed by atoms with E-state index < -0.39 is 0 Å². The van der Waals surface area contributed by atoms with Crippen molar-refractivity contribution in [3.63, 3.8) is 0 Å². The van der Waals surface area contributed by atoms with E-state index in [2.05, 4.69) is 48.5 Å². The third-order valence-electron chi connectivity index (χ3n) is 3.93. The maximum Gasteiger partial charge on any atom is 0.203 e. The molecule has 27 heavy (non-hydrogen) atoms. The summed E-state index contributed by atoms with van der Waals surface area (Å²) >= 11 is 3.60. The van der Waals surface area contributed by atoms with E-state index in [4.69, 9.17) is 14.2 Å². The number of methoxy groups -OCH3 is 3. The first kappa shape index (κ1) is 19.5. The van der Waals surface area contributed by atoms with E-state index in [1.54, 1.807) is 44.9 Å². The predicted molar refractivity (Wildman–Crippen MR) is 113 cm³/mol. The average molecular weight is 399 g/mol. The molecule has 0 saturated carbocycles. The van der Waals surface area contributed by atoms with Gasteiger partial charge in [0.05, 0.1) is 25.9 Å². The van der Waals surface area contributed by atoms with Crippen LogP contribution in [0.2, 0.25) is 0 Å². The van der Waals surface area contributed by atoms with Crippen LogP contribution in [0, 0.1) is 0 Å². The number of hydrogen-bond acceptors (Lipinski definition) is 5. The van der Waals surface area contributed by atoms with Gasteiger partial charge in [0.2, 0.25) is 5.75 Å². The molecule has 0 bridgehead atoms. The van der Waals surface area contributed by atoms with E-state index in [9.17, 15) is 0 Å². The number of ether oxygens (including phenoxy) is 3. The molecule has 3 aromatic rings. The van der Waals surface area contributed by atoms with Gasteiger partial charge in [-0.1, -0.05) is 36.4 Å². The molecule has 0 N–H and O–H groups in total. The highest BCUT2D eigenvalue weighted by atomic mass is 32.2. The lowest BCUT2D eigenvalue weighted by Crippen LogP contribution is -1.98. The van der Waals surface area contributed by atoms with Crippen LogP contribution < -0.4 is 14.2 Å². The van der Waals surface area contributed by atoms with Crippen molar-refractivity contribution in [1.29, 1.82) is 0 Å². The standard InChI is InChI=1S/C22H22O3S2/c1-23-19-14-16(15-20(24-2)21(19)25-3)22(26-17-10-6-4-7-11-17)27-18-12-8-5-9-13-18/h4-15,22H,1-3H3. The van der Waals surface area contributed by atoms with Gasteiger partial charge in [-0.05, 0) is 42.0 Å². The Labute approximate surface area is 169 Å². The van der Waals surface area contributed by atoms with Crippen molar-refractivity contribution < 1.29 is 14.2 Å². The van der Waals surface area contributed by atoms with Crippen LogP contribution in [0.1, 0.15) is 10.1 Å². The van der Waals surface area contributed by atoms with Crippen LogP contribution in [0.15, 0.2) is 82.6 Å². The number of rotatable bonds is 8. The zero-order valence-corrected chi connectivity index (χ0v) is 17.2. The van der Waals surface area contributed by atoms with Crippen LogP contribution in [0.3, 0.4) is 0 Å². The Bertz CT molecular complexity index is 787. The summed E-state index contributed by atoms with van der Waals surface area (Å²) in [4.78, 5) is 2.42. The number of thioether (sulfide) groups is 2. The zero-order chi connectivity index (χ0) is 19.1. The maximum absolute atomic E-state index is 5.55. The Balaban J connectivity index is 2.01. The minimum absolute atomic E-state index is 0.128. The van der Waals surface area contributed by atoms with E-state index in [1.807, 2.05) is 24.3 Å². The first-order chi connectivity index (χ1) is 13.2. The molecule has 0 aromatic heterocycles. The van der Waals surface area contributed by atoms with E-state index in [-0.39, 0.29) is 4.58 Å².